The summed E-state index contributed by atoms with van der Waals surface area (Å²) < 4.78 is 11.8. The smallest absolute Gasteiger partial charge is 0.170 e. The van der Waals surface area contributed by atoms with Crippen LogP contribution in [0.25, 0.3) is 0 Å². The zero-order chi connectivity index (χ0) is 14.0. The van der Waals surface area contributed by atoms with E-state index in [1.54, 1.807) is 0 Å². The Hall–Kier alpha value is -0.200. The van der Waals surface area contributed by atoms with Gasteiger partial charge in [0, 0.05) is 51.1 Å². The molecule has 2 atom stereocenters. The SMILES string of the molecule is CCCN1CCN(C2CC3(CCC2N)OCCO3)CC1. The maximum atomic E-state index is 6.39. The maximum absolute atomic E-state index is 6.39. The molecule has 20 heavy (non-hydrogen) atoms. The summed E-state index contributed by atoms with van der Waals surface area (Å²) in [7, 11) is 0. The Morgan fingerprint density at radius 1 is 1.15 bits per heavy atom. The van der Waals surface area contributed by atoms with E-state index in [1.165, 1.54) is 26.1 Å². The highest BCUT2D eigenvalue weighted by Gasteiger charge is 2.46. The zero-order valence-electron chi connectivity index (χ0n) is 12.7. The maximum Gasteiger partial charge on any atom is 0.170 e. The minimum absolute atomic E-state index is 0.270. The average molecular weight is 283 g/mol. The molecule has 3 fully saturated rings. The van der Waals surface area contributed by atoms with E-state index >= 15 is 0 Å². The molecule has 1 spiro atoms. The number of hydrogen-bond acceptors (Lipinski definition) is 5. The van der Waals surface area contributed by atoms with E-state index in [1.807, 2.05) is 0 Å². The van der Waals surface area contributed by atoms with Crippen LogP contribution >= 0.6 is 0 Å². The van der Waals surface area contributed by atoms with Crippen molar-refractivity contribution in [1.82, 2.24) is 9.80 Å². The summed E-state index contributed by atoms with van der Waals surface area (Å²) in [5.74, 6) is -0.318. The van der Waals surface area contributed by atoms with Crippen molar-refractivity contribution < 1.29 is 9.47 Å². The van der Waals surface area contributed by atoms with Crippen LogP contribution in [-0.4, -0.2) is 73.6 Å². The first-order valence-electron chi connectivity index (χ1n) is 8.22. The summed E-state index contributed by atoms with van der Waals surface area (Å²) in [6, 6.07) is 0.691. The van der Waals surface area contributed by atoms with Gasteiger partial charge in [-0.2, -0.15) is 0 Å². The topological polar surface area (TPSA) is 51.0 Å². The van der Waals surface area contributed by atoms with Crippen LogP contribution in [0.3, 0.4) is 0 Å². The van der Waals surface area contributed by atoms with E-state index in [2.05, 4.69) is 16.7 Å². The molecule has 0 radical (unpaired) electrons. The van der Waals surface area contributed by atoms with Crippen LogP contribution in [0.5, 0.6) is 0 Å². The quantitative estimate of drug-likeness (QED) is 0.823. The van der Waals surface area contributed by atoms with Gasteiger partial charge in [0.25, 0.3) is 0 Å². The normalized spacial score (nSPS) is 35.7. The molecule has 5 heteroatoms. The fraction of sp³-hybridized carbons (Fsp3) is 1.00. The van der Waals surface area contributed by atoms with E-state index in [9.17, 15) is 0 Å². The lowest BCUT2D eigenvalue weighted by atomic mass is 9.85. The van der Waals surface area contributed by atoms with Crippen LogP contribution in [0, 0.1) is 0 Å². The molecule has 1 aliphatic carbocycles. The van der Waals surface area contributed by atoms with Crippen LogP contribution in [0.4, 0.5) is 0 Å². The predicted octanol–water partition coefficient (Wildman–Crippen LogP) is 0.637. The molecule has 1 saturated carbocycles. The molecular weight excluding hydrogens is 254 g/mol. The second-order valence-corrected chi connectivity index (χ2v) is 6.46. The number of piperazine rings is 1. The van der Waals surface area contributed by atoms with Crippen molar-refractivity contribution in [2.45, 2.75) is 50.5 Å². The molecule has 116 valence electrons. The zero-order valence-corrected chi connectivity index (χ0v) is 12.7. The van der Waals surface area contributed by atoms with Crippen molar-refractivity contribution in [1.29, 1.82) is 0 Å². The molecule has 3 rings (SSSR count). The third-order valence-electron chi connectivity index (χ3n) is 5.10. The van der Waals surface area contributed by atoms with Gasteiger partial charge in [-0.25, -0.2) is 0 Å². The second kappa shape index (κ2) is 6.28. The Kier molecular flexibility index (Phi) is 4.62. The summed E-state index contributed by atoms with van der Waals surface area (Å²) >= 11 is 0. The van der Waals surface area contributed by atoms with E-state index in [0.717, 1.165) is 45.6 Å². The molecule has 2 saturated heterocycles. The highest BCUT2D eigenvalue weighted by atomic mass is 16.7. The largest absolute Gasteiger partial charge is 0.347 e. The summed E-state index contributed by atoms with van der Waals surface area (Å²) in [6.45, 7) is 9.57. The van der Waals surface area contributed by atoms with Gasteiger partial charge < -0.3 is 20.1 Å². The van der Waals surface area contributed by atoms with Gasteiger partial charge in [0.15, 0.2) is 5.79 Å². The standard InChI is InChI=1S/C15H29N3O2/c1-2-5-17-6-8-18(9-7-17)14-12-15(4-3-13(14)16)19-10-11-20-15/h13-14H,2-12,16H2,1H3. The fourth-order valence-electron chi connectivity index (χ4n) is 3.94. The van der Waals surface area contributed by atoms with Crippen LogP contribution in [-0.2, 0) is 9.47 Å². The van der Waals surface area contributed by atoms with Crippen LogP contribution in [0.1, 0.15) is 32.6 Å². The van der Waals surface area contributed by atoms with Crippen LogP contribution < -0.4 is 5.73 Å². The summed E-state index contributed by atoms with van der Waals surface area (Å²) in [6.07, 6.45) is 4.16. The molecule has 2 unspecified atom stereocenters. The lowest BCUT2D eigenvalue weighted by Crippen LogP contribution is -2.60. The van der Waals surface area contributed by atoms with Gasteiger partial charge in [0.2, 0.25) is 0 Å². The molecule has 2 N–H and O–H groups in total. The minimum atomic E-state index is -0.318. The van der Waals surface area contributed by atoms with Crippen molar-refractivity contribution in [3.05, 3.63) is 0 Å². The molecule has 3 aliphatic rings. The molecular formula is C15H29N3O2. The van der Waals surface area contributed by atoms with E-state index in [-0.39, 0.29) is 11.8 Å². The van der Waals surface area contributed by atoms with Gasteiger partial charge in [-0.05, 0) is 19.4 Å². The predicted molar refractivity (Wildman–Crippen MR) is 78.6 cm³/mol. The van der Waals surface area contributed by atoms with Gasteiger partial charge in [-0.1, -0.05) is 6.92 Å². The van der Waals surface area contributed by atoms with Gasteiger partial charge in [0.05, 0.1) is 13.2 Å². The van der Waals surface area contributed by atoms with Crippen LogP contribution in [0.2, 0.25) is 0 Å². The monoisotopic (exact) mass is 283 g/mol. The van der Waals surface area contributed by atoms with Crippen molar-refractivity contribution >= 4 is 0 Å². The first-order valence-corrected chi connectivity index (χ1v) is 8.22. The Bertz CT molecular complexity index is 312. The number of nitrogens with zero attached hydrogens (tertiary/aromatic N) is 2. The molecule has 2 aliphatic heterocycles. The first-order chi connectivity index (χ1) is 9.72. The Balaban J connectivity index is 1.58. The second-order valence-electron chi connectivity index (χ2n) is 6.46. The highest BCUT2D eigenvalue weighted by Crippen LogP contribution is 2.37. The van der Waals surface area contributed by atoms with Crippen LogP contribution in [0.15, 0.2) is 0 Å². The number of nitrogens with two attached hydrogens (primary N) is 1. The van der Waals surface area contributed by atoms with Crippen molar-refractivity contribution in [3.63, 3.8) is 0 Å². The number of rotatable bonds is 3. The average Bonchev–Trinajstić information content (AvgIpc) is 2.92. The van der Waals surface area contributed by atoms with E-state index in [0.29, 0.717) is 6.04 Å². The molecule has 0 bridgehead atoms. The van der Waals surface area contributed by atoms with Gasteiger partial charge >= 0.3 is 0 Å². The Morgan fingerprint density at radius 2 is 1.85 bits per heavy atom. The molecule has 2 heterocycles. The molecule has 5 nitrogen and oxygen atoms in total. The highest BCUT2D eigenvalue weighted by molar-refractivity contribution is 4.96. The fourth-order valence-corrected chi connectivity index (χ4v) is 3.94. The van der Waals surface area contributed by atoms with E-state index in [4.69, 9.17) is 15.2 Å². The minimum Gasteiger partial charge on any atom is -0.347 e. The first kappa shape index (κ1) is 14.7. The lowest BCUT2D eigenvalue weighted by molar-refractivity contribution is -0.193. The molecule has 0 aromatic heterocycles. The van der Waals surface area contributed by atoms with Gasteiger partial charge in [0.1, 0.15) is 0 Å². The summed E-state index contributed by atoms with van der Waals surface area (Å²) in [4.78, 5) is 5.13. The lowest BCUT2D eigenvalue weighted by Gasteiger charge is -2.47. The van der Waals surface area contributed by atoms with Crippen molar-refractivity contribution in [2.24, 2.45) is 5.73 Å². The number of ether oxygens (including phenoxy) is 2. The van der Waals surface area contributed by atoms with Gasteiger partial charge in [-0.15, -0.1) is 0 Å². The van der Waals surface area contributed by atoms with E-state index < -0.39 is 0 Å². The Labute approximate surface area is 122 Å². The Morgan fingerprint density at radius 3 is 2.50 bits per heavy atom. The number of hydrogen-bond donors (Lipinski definition) is 1. The van der Waals surface area contributed by atoms with Crippen molar-refractivity contribution in [3.8, 4) is 0 Å². The summed E-state index contributed by atoms with van der Waals surface area (Å²) in [5.41, 5.74) is 6.39. The molecule has 0 amide bonds. The van der Waals surface area contributed by atoms with Gasteiger partial charge in [-0.3, -0.25) is 4.90 Å². The summed E-state index contributed by atoms with van der Waals surface area (Å²) in [5, 5.41) is 0. The third kappa shape index (κ3) is 3.02. The van der Waals surface area contributed by atoms with Crippen molar-refractivity contribution in [2.75, 3.05) is 45.9 Å². The molecule has 0 aromatic carbocycles. The third-order valence-corrected chi connectivity index (χ3v) is 5.10. The molecule has 0 aromatic rings.